The molecule has 0 aliphatic heterocycles. The van der Waals surface area contributed by atoms with Crippen molar-refractivity contribution in [3.63, 3.8) is 0 Å². The Morgan fingerprint density at radius 2 is 2.39 bits per heavy atom. The van der Waals surface area contributed by atoms with Gasteiger partial charge in [0.1, 0.15) is 11.4 Å². The Morgan fingerprint density at radius 3 is 3.06 bits per heavy atom. The van der Waals surface area contributed by atoms with Gasteiger partial charge in [-0.3, -0.25) is 0 Å². The number of anilines is 1. The summed E-state index contributed by atoms with van der Waals surface area (Å²) in [6.07, 6.45) is 5.07. The third-order valence-corrected chi connectivity index (χ3v) is 3.85. The second-order valence-electron chi connectivity index (χ2n) is 5.20. The molecular weight excluding hydrogens is 227 g/mol. The van der Waals surface area contributed by atoms with Gasteiger partial charge in [0.05, 0.1) is 6.07 Å². The van der Waals surface area contributed by atoms with E-state index in [-0.39, 0.29) is 5.82 Å². The van der Waals surface area contributed by atoms with Gasteiger partial charge in [-0.2, -0.15) is 5.26 Å². The van der Waals surface area contributed by atoms with Gasteiger partial charge in [0.15, 0.2) is 0 Å². The lowest BCUT2D eigenvalue weighted by Gasteiger charge is -2.36. The van der Waals surface area contributed by atoms with Gasteiger partial charge < -0.3 is 5.32 Å². The summed E-state index contributed by atoms with van der Waals surface area (Å²) in [6, 6.07) is 8.77. The van der Waals surface area contributed by atoms with E-state index in [0.717, 1.165) is 25.7 Å². The molecule has 1 aliphatic carbocycles. The summed E-state index contributed by atoms with van der Waals surface area (Å²) in [7, 11) is 0. The van der Waals surface area contributed by atoms with E-state index < -0.39 is 5.54 Å². The molecule has 2 rings (SSSR count). The molecule has 3 heteroatoms. The van der Waals surface area contributed by atoms with Crippen molar-refractivity contribution in [1.82, 2.24) is 0 Å². The third-order valence-electron chi connectivity index (χ3n) is 3.85. The summed E-state index contributed by atoms with van der Waals surface area (Å²) in [5, 5.41) is 12.7. The lowest BCUT2D eigenvalue weighted by atomic mass is 9.75. The van der Waals surface area contributed by atoms with E-state index in [4.69, 9.17) is 0 Å². The van der Waals surface area contributed by atoms with Crippen LogP contribution in [0.25, 0.3) is 0 Å². The van der Waals surface area contributed by atoms with E-state index in [1.165, 1.54) is 18.6 Å². The van der Waals surface area contributed by atoms with E-state index in [0.29, 0.717) is 11.6 Å². The summed E-state index contributed by atoms with van der Waals surface area (Å²) in [6.45, 7) is 2.17. The largest absolute Gasteiger partial charge is 0.367 e. The maximum absolute atomic E-state index is 13.2. The molecule has 96 valence electrons. The van der Waals surface area contributed by atoms with Crippen LogP contribution in [0, 0.1) is 23.1 Å². The number of nitrogens with one attached hydrogen (secondary N) is 1. The Bertz CT molecular complexity index is 452. The van der Waals surface area contributed by atoms with Crippen molar-refractivity contribution in [1.29, 1.82) is 5.26 Å². The summed E-state index contributed by atoms with van der Waals surface area (Å²) in [4.78, 5) is 0. The van der Waals surface area contributed by atoms with E-state index in [9.17, 15) is 9.65 Å². The van der Waals surface area contributed by atoms with Crippen molar-refractivity contribution in [2.24, 2.45) is 5.92 Å². The van der Waals surface area contributed by atoms with Crippen LogP contribution in [0.2, 0.25) is 0 Å². The summed E-state index contributed by atoms with van der Waals surface area (Å²) < 4.78 is 13.2. The average Bonchev–Trinajstić information content (AvgIpc) is 2.39. The molecule has 18 heavy (non-hydrogen) atoms. The molecule has 1 fully saturated rings. The standard InChI is InChI=1S/C15H19FN2/c1-2-12-5-4-8-15(10-12,11-17)18-14-7-3-6-13(16)9-14/h3,6-7,9,12,18H,2,4-5,8,10H2,1H3. The monoisotopic (exact) mass is 246 g/mol. The highest BCUT2D eigenvalue weighted by molar-refractivity contribution is 5.48. The van der Waals surface area contributed by atoms with Crippen molar-refractivity contribution in [2.75, 3.05) is 5.32 Å². The third kappa shape index (κ3) is 2.81. The van der Waals surface area contributed by atoms with E-state index >= 15 is 0 Å². The first-order valence-corrected chi connectivity index (χ1v) is 6.62. The van der Waals surface area contributed by atoms with Crippen LogP contribution in [0.1, 0.15) is 39.0 Å². The second-order valence-corrected chi connectivity index (χ2v) is 5.20. The van der Waals surface area contributed by atoms with Crippen LogP contribution in [0.5, 0.6) is 0 Å². The van der Waals surface area contributed by atoms with Crippen LogP contribution in [-0.2, 0) is 0 Å². The normalized spacial score (nSPS) is 27.5. The van der Waals surface area contributed by atoms with Gasteiger partial charge in [-0.15, -0.1) is 0 Å². The van der Waals surface area contributed by atoms with Crippen molar-refractivity contribution >= 4 is 5.69 Å². The summed E-state index contributed by atoms with van der Waals surface area (Å²) >= 11 is 0. The van der Waals surface area contributed by atoms with Crippen molar-refractivity contribution in [3.05, 3.63) is 30.1 Å². The van der Waals surface area contributed by atoms with Gasteiger partial charge in [-0.05, 0) is 43.4 Å². The highest BCUT2D eigenvalue weighted by Crippen LogP contribution is 2.36. The SMILES string of the molecule is CCC1CCCC(C#N)(Nc2cccc(F)c2)C1. The molecule has 0 spiro atoms. The van der Waals surface area contributed by atoms with Crippen LogP contribution in [-0.4, -0.2) is 5.54 Å². The quantitative estimate of drug-likeness (QED) is 0.871. The van der Waals surface area contributed by atoms with Gasteiger partial charge in [0.25, 0.3) is 0 Å². The van der Waals surface area contributed by atoms with Crippen LogP contribution in [0.15, 0.2) is 24.3 Å². The molecule has 1 aromatic carbocycles. The molecule has 1 saturated carbocycles. The topological polar surface area (TPSA) is 35.8 Å². The number of hydrogen-bond acceptors (Lipinski definition) is 2. The molecule has 0 heterocycles. The van der Waals surface area contributed by atoms with Crippen LogP contribution in [0.3, 0.4) is 0 Å². The fraction of sp³-hybridized carbons (Fsp3) is 0.533. The fourth-order valence-electron chi connectivity index (χ4n) is 2.82. The first-order chi connectivity index (χ1) is 8.67. The predicted octanol–water partition coefficient (Wildman–Crippen LogP) is 4.10. The zero-order valence-electron chi connectivity index (χ0n) is 10.7. The lowest BCUT2D eigenvalue weighted by Crippen LogP contribution is -2.41. The zero-order valence-corrected chi connectivity index (χ0v) is 10.7. The van der Waals surface area contributed by atoms with Crippen molar-refractivity contribution < 1.29 is 4.39 Å². The smallest absolute Gasteiger partial charge is 0.125 e. The minimum atomic E-state index is -0.521. The maximum Gasteiger partial charge on any atom is 0.125 e. The predicted molar refractivity (Wildman–Crippen MR) is 70.6 cm³/mol. The molecule has 1 N–H and O–H groups in total. The molecule has 0 amide bonds. The number of hydrogen-bond donors (Lipinski definition) is 1. The number of benzene rings is 1. The highest BCUT2D eigenvalue weighted by Gasteiger charge is 2.35. The molecular formula is C15H19FN2. The number of nitriles is 1. The number of nitrogens with zero attached hydrogens (tertiary/aromatic N) is 1. The molecule has 1 aromatic rings. The maximum atomic E-state index is 13.2. The fourth-order valence-corrected chi connectivity index (χ4v) is 2.82. The lowest BCUT2D eigenvalue weighted by molar-refractivity contribution is 0.283. The van der Waals surface area contributed by atoms with Crippen LogP contribution in [0.4, 0.5) is 10.1 Å². The first-order valence-electron chi connectivity index (χ1n) is 6.62. The molecule has 0 saturated heterocycles. The van der Waals surface area contributed by atoms with Gasteiger partial charge in [-0.25, -0.2) is 4.39 Å². The second kappa shape index (κ2) is 5.39. The molecule has 2 atom stereocenters. The molecule has 2 nitrogen and oxygen atoms in total. The molecule has 0 bridgehead atoms. The molecule has 0 radical (unpaired) electrons. The summed E-state index contributed by atoms with van der Waals surface area (Å²) in [5.41, 5.74) is 0.181. The van der Waals surface area contributed by atoms with Gasteiger partial charge in [0, 0.05) is 5.69 Å². The number of rotatable bonds is 3. The van der Waals surface area contributed by atoms with Crippen LogP contribution >= 0.6 is 0 Å². The van der Waals surface area contributed by atoms with Gasteiger partial charge in [0.2, 0.25) is 0 Å². The first kappa shape index (κ1) is 12.9. The Morgan fingerprint density at radius 1 is 1.56 bits per heavy atom. The zero-order chi connectivity index (χ0) is 13.0. The molecule has 1 aliphatic rings. The minimum absolute atomic E-state index is 0.268. The Labute approximate surface area is 108 Å². The van der Waals surface area contributed by atoms with Crippen molar-refractivity contribution in [3.8, 4) is 6.07 Å². The molecule has 0 aromatic heterocycles. The van der Waals surface area contributed by atoms with Gasteiger partial charge in [-0.1, -0.05) is 25.8 Å². The van der Waals surface area contributed by atoms with E-state index in [2.05, 4.69) is 18.3 Å². The average molecular weight is 246 g/mol. The minimum Gasteiger partial charge on any atom is -0.367 e. The Balaban J connectivity index is 2.16. The van der Waals surface area contributed by atoms with Gasteiger partial charge >= 0.3 is 0 Å². The van der Waals surface area contributed by atoms with E-state index in [1.807, 2.05) is 6.07 Å². The Kier molecular flexibility index (Phi) is 3.86. The Hall–Kier alpha value is -1.56. The highest BCUT2D eigenvalue weighted by atomic mass is 19.1. The summed E-state index contributed by atoms with van der Waals surface area (Å²) in [5.74, 6) is 0.329. The van der Waals surface area contributed by atoms with E-state index in [1.54, 1.807) is 6.07 Å². The molecule has 2 unspecified atom stereocenters. The number of halogens is 1. The van der Waals surface area contributed by atoms with Crippen molar-refractivity contribution in [2.45, 2.75) is 44.6 Å². The van der Waals surface area contributed by atoms with Crippen LogP contribution < -0.4 is 5.32 Å².